The van der Waals surface area contributed by atoms with Crippen molar-refractivity contribution in [1.29, 1.82) is 0 Å². The van der Waals surface area contributed by atoms with E-state index in [0.29, 0.717) is 28.1 Å². The van der Waals surface area contributed by atoms with Gasteiger partial charge in [-0.2, -0.15) is 0 Å². The van der Waals surface area contributed by atoms with E-state index in [1.807, 2.05) is 60.7 Å². The van der Waals surface area contributed by atoms with Crippen LogP contribution in [0.25, 0.3) is 0 Å². The average molecular weight is 484 g/mol. The molecule has 160 valence electrons. The number of ether oxygens (including phenoxy) is 2. The Kier molecular flexibility index (Phi) is 7.89. The Morgan fingerprint density at radius 1 is 0.935 bits per heavy atom. The van der Waals surface area contributed by atoms with E-state index in [9.17, 15) is 9.59 Å². The lowest BCUT2D eigenvalue weighted by Gasteiger charge is -2.15. The molecule has 3 N–H and O–H groups in total. The Labute approximate surface area is 188 Å². The van der Waals surface area contributed by atoms with Gasteiger partial charge in [-0.05, 0) is 45.8 Å². The molecule has 0 heterocycles. The van der Waals surface area contributed by atoms with Gasteiger partial charge in [0.1, 0.15) is 6.61 Å². The van der Waals surface area contributed by atoms with Crippen molar-refractivity contribution in [3.05, 3.63) is 88.4 Å². The minimum Gasteiger partial charge on any atom is -0.493 e. The maximum Gasteiger partial charge on any atom is 0.269 e. The number of para-hydroxylation sites is 1. The first-order chi connectivity index (χ1) is 15.1. The van der Waals surface area contributed by atoms with Gasteiger partial charge in [-0.3, -0.25) is 20.4 Å². The van der Waals surface area contributed by atoms with E-state index < -0.39 is 5.91 Å². The third-order valence-corrected chi connectivity index (χ3v) is 4.85. The van der Waals surface area contributed by atoms with Crippen LogP contribution in [-0.2, 0) is 11.4 Å². The zero-order valence-electron chi connectivity index (χ0n) is 16.9. The van der Waals surface area contributed by atoms with Crippen LogP contribution in [0.5, 0.6) is 11.5 Å². The molecule has 0 atom stereocenters. The summed E-state index contributed by atoms with van der Waals surface area (Å²) in [7, 11) is 1.50. The number of hydrogen-bond acceptors (Lipinski definition) is 5. The summed E-state index contributed by atoms with van der Waals surface area (Å²) in [5, 5.41) is 2.96. The SMILES string of the molecule is COc1cc(C(=O)NNC(=O)CNc2ccccc2)cc(Br)c1OCc1ccccc1. The molecule has 3 aromatic carbocycles. The third kappa shape index (κ3) is 6.48. The van der Waals surface area contributed by atoms with Gasteiger partial charge in [0.2, 0.25) is 0 Å². The number of anilines is 1. The molecule has 0 unspecified atom stereocenters. The summed E-state index contributed by atoms with van der Waals surface area (Å²) < 4.78 is 11.8. The molecule has 8 heteroatoms. The molecule has 0 radical (unpaired) electrons. The average Bonchev–Trinajstić information content (AvgIpc) is 2.81. The van der Waals surface area contributed by atoms with Crippen LogP contribution in [0.15, 0.2) is 77.3 Å². The first-order valence-corrected chi connectivity index (χ1v) is 10.3. The molecule has 0 aliphatic rings. The first-order valence-electron chi connectivity index (χ1n) is 9.49. The first kappa shape index (κ1) is 22.2. The predicted molar refractivity (Wildman–Crippen MR) is 122 cm³/mol. The Morgan fingerprint density at radius 3 is 2.29 bits per heavy atom. The molecule has 0 aliphatic carbocycles. The minimum atomic E-state index is -0.485. The lowest BCUT2D eigenvalue weighted by molar-refractivity contribution is -0.120. The van der Waals surface area contributed by atoms with Crippen molar-refractivity contribution in [3.63, 3.8) is 0 Å². The van der Waals surface area contributed by atoms with E-state index in [1.54, 1.807) is 12.1 Å². The van der Waals surface area contributed by atoms with Crippen molar-refractivity contribution < 1.29 is 19.1 Å². The number of carbonyl (C=O) groups excluding carboxylic acids is 2. The molecule has 0 spiro atoms. The van der Waals surface area contributed by atoms with Gasteiger partial charge in [0.05, 0.1) is 18.1 Å². The van der Waals surface area contributed by atoms with Gasteiger partial charge in [-0.1, -0.05) is 48.5 Å². The Hall–Kier alpha value is -3.52. The normalized spacial score (nSPS) is 10.1. The van der Waals surface area contributed by atoms with Gasteiger partial charge in [-0.25, -0.2) is 0 Å². The van der Waals surface area contributed by atoms with Crippen LogP contribution in [0, 0.1) is 0 Å². The largest absolute Gasteiger partial charge is 0.493 e. The zero-order valence-corrected chi connectivity index (χ0v) is 18.4. The van der Waals surface area contributed by atoms with Crippen LogP contribution in [0.1, 0.15) is 15.9 Å². The molecule has 0 saturated carbocycles. The molecule has 7 nitrogen and oxygen atoms in total. The van der Waals surface area contributed by atoms with Gasteiger partial charge in [-0.15, -0.1) is 0 Å². The summed E-state index contributed by atoms with van der Waals surface area (Å²) in [6, 6.07) is 22.2. The summed E-state index contributed by atoms with van der Waals surface area (Å²) >= 11 is 3.43. The van der Waals surface area contributed by atoms with E-state index in [2.05, 4.69) is 32.1 Å². The van der Waals surface area contributed by atoms with Gasteiger partial charge in [0.25, 0.3) is 11.8 Å². The molecule has 0 aliphatic heterocycles. The molecule has 2 amide bonds. The van der Waals surface area contributed by atoms with Crippen LogP contribution in [0.4, 0.5) is 5.69 Å². The minimum absolute atomic E-state index is 0.0174. The van der Waals surface area contributed by atoms with Crippen molar-refractivity contribution in [3.8, 4) is 11.5 Å². The molecule has 0 fully saturated rings. The molecule has 31 heavy (non-hydrogen) atoms. The monoisotopic (exact) mass is 483 g/mol. The van der Waals surface area contributed by atoms with Crippen LogP contribution < -0.4 is 25.6 Å². The lowest BCUT2D eigenvalue weighted by atomic mass is 10.2. The van der Waals surface area contributed by atoms with Gasteiger partial charge < -0.3 is 14.8 Å². The second kappa shape index (κ2) is 11.0. The van der Waals surface area contributed by atoms with Crippen molar-refractivity contribution in [1.82, 2.24) is 10.9 Å². The molecule has 3 rings (SSSR count). The molecule has 0 bridgehead atoms. The van der Waals surface area contributed by atoms with E-state index in [0.717, 1.165) is 11.3 Å². The summed E-state index contributed by atoms with van der Waals surface area (Å²) in [6.45, 7) is 0.370. The third-order valence-electron chi connectivity index (χ3n) is 4.26. The molecular weight excluding hydrogens is 462 g/mol. The fourth-order valence-electron chi connectivity index (χ4n) is 2.70. The van der Waals surface area contributed by atoms with E-state index in [-0.39, 0.29) is 12.5 Å². The van der Waals surface area contributed by atoms with Gasteiger partial charge in [0, 0.05) is 11.3 Å². The van der Waals surface area contributed by atoms with Crippen LogP contribution in [0.3, 0.4) is 0 Å². The molecule has 0 aromatic heterocycles. The van der Waals surface area contributed by atoms with Crippen molar-refractivity contribution >= 4 is 33.4 Å². The number of hydrazine groups is 1. The van der Waals surface area contributed by atoms with E-state index >= 15 is 0 Å². The highest BCUT2D eigenvalue weighted by molar-refractivity contribution is 9.10. The highest BCUT2D eigenvalue weighted by Gasteiger charge is 2.16. The standard InChI is InChI=1S/C23H22BrN3O4/c1-30-20-13-17(12-19(24)22(20)31-15-16-8-4-2-5-9-16)23(29)27-26-21(28)14-25-18-10-6-3-7-11-18/h2-13,25H,14-15H2,1H3,(H,26,28)(H,27,29). The van der Waals surface area contributed by atoms with E-state index in [1.165, 1.54) is 7.11 Å². The van der Waals surface area contributed by atoms with Crippen LogP contribution >= 0.6 is 15.9 Å². The number of benzene rings is 3. The quantitative estimate of drug-likeness (QED) is 0.422. The number of halogens is 1. The summed E-state index contributed by atoms with van der Waals surface area (Å²) in [6.07, 6.45) is 0. The summed E-state index contributed by atoms with van der Waals surface area (Å²) in [5.41, 5.74) is 6.89. The number of hydrogen-bond donors (Lipinski definition) is 3. The maximum atomic E-state index is 12.5. The van der Waals surface area contributed by atoms with Crippen molar-refractivity contribution in [2.45, 2.75) is 6.61 Å². The molecule has 3 aromatic rings. The number of methoxy groups -OCH3 is 1. The second-order valence-corrected chi connectivity index (χ2v) is 7.34. The fourth-order valence-corrected chi connectivity index (χ4v) is 3.26. The van der Waals surface area contributed by atoms with Gasteiger partial charge in [0.15, 0.2) is 11.5 Å². The number of amides is 2. The maximum absolute atomic E-state index is 12.5. The van der Waals surface area contributed by atoms with Crippen LogP contribution in [-0.4, -0.2) is 25.5 Å². The predicted octanol–water partition coefficient (Wildman–Crippen LogP) is 3.91. The summed E-state index contributed by atoms with van der Waals surface area (Å²) in [4.78, 5) is 24.4. The zero-order chi connectivity index (χ0) is 22.1. The van der Waals surface area contributed by atoms with Crippen LogP contribution in [0.2, 0.25) is 0 Å². The Balaban J connectivity index is 1.58. The van der Waals surface area contributed by atoms with E-state index in [4.69, 9.17) is 9.47 Å². The van der Waals surface area contributed by atoms with Crippen molar-refractivity contribution in [2.24, 2.45) is 0 Å². The number of carbonyl (C=O) groups is 2. The van der Waals surface area contributed by atoms with Gasteiger partial charge >= 0.3 is 0 Å². The highest BCUT2D eigenvalue weighted by Crippen LogP contribution is 2.37. The smallest absolute Gasteiger partial charge is 0.269 e. The molecule has 0 saturated heterocycles. The fraction of sp³-hybridized carbons (Fsp3) is 0.130. The van der Waals surface area contributed by atoms with Crippen molar-refractivity contribution in [2.75, 3.05) is 19.0 Å². The Morgan fingerprint density at radius 2 is 1.61 bits per heavy atom. The topological polar surface area (TPSA) is 88.7 Å². The second-order valence-electron chi connectivity index (χ2n) is 6.49. The number of rotatable bonds is 8. The highest BCUT2D eigenvalue weighted by atomic mass is 79.9. The molecular formula is C23H22BrN3O4. The number of nitrogens with one attached hydrogen (secondary N) is 3. The lowest BCUT2D eigenvalue weighted by Crippen LogP contribution is -2.44. The summed E-state index contributed by atoms with van der Waals surface area (Å²) in [5.74, 6) is 0.0132. The Bertz CT molecular complexity index is 1030.